The van der Waals surface area contributed by atoms with E-state index in [9.17, 15) is 0 Å². The van der Waals surface area contributed by atoms with Crippen LogP contribution in [0.4, 0.5) is 5.69 Å². The molecule has 1 aromatic rings. The van der Waals surface area contributed by atoms with E-state index in [1.54, 1.807) is 0 Å². The van der Waals surface area contributed by atoms with Gasteiger partial charge in [-0.15, -0.1) is 0 Å². The van der Waals surface area contributed by atoms with E-state index in [1.807, 2.05) is 34.3 Å². The first-order valence-corrected chi connectivity index (χ1v) is 11.2. The number of ether oxygens (including phenoxy) is 1. The molecule has 0 bridgehead atoms. The second-order valence-electron chi connectivity index (χ2n) is 6.05. The Kier molecular flexibility index (Phi) is 5.17. The molecule has 0 saturated heterocycles. The molecule has 1 aliphatic heterocycles. The number of hydrogen-bond donors (Lipinski definition) is 0. The minimum absolute atomic E-state index is 0.501. The molecule has 0 aliphatic carbocycles. The largest absolute Gasteiger partial charge is 0.360 e. The Morgan fingerprint density at radius 1 is 1.20 bits per heavy atom. The van der Waals surface area contributed by atoms with E-state index in [0.29, 0.717) is 13.4 Å². The highest BCUT2D eigenvalue weighted by Gasteiger charge is 2.18. The molecule has 20 heavy (non-hydrogen) atoms. The zero-order valence-electron chi connectivity index (χ0n) is 12.2. The van der Waals surface area contributed by atoms with Gasteiger partial charge in [-0.05, 0) is 40.8 Å². The molecule has 0 saturated carbocycles. The first-order valence-electron chi connectivity index (χ1n) is 6.71. The van der Waals surface area contributed by atoms with Crippen molar-refractivity contribution in [3.8, 4) is 0 Å². The number of hydrogen-bond acceptors (Lipinski definition) is 5. The lowest BCUT2D eigenvalue weighted by Gasteiger charge is -2.18. The molecule has 1 heterocycles. The highest BCUT2D eigenvalue weighted by Crippen LogP contribution is 2.22. The van der Waals surface area contributed by atoms with E-state index in [2.05, 4.69) is 46.0 Å². The summed E-state index contributed by atoms with van der Waals surface area (Å²) in [5.41, 5.74) is 1.03. The lowest BCUT2D eigenvalue weighted by Crippen LogP contribution is -2.28. The van der Waals surface area contributed by atoms with Crippen LogP contribution in [0.3, 0.4) is 0 Å². The highest BCUT2D eigenvalue weighted by molar-refractivity contribution is 9.10. The normalized spacial score (nSPS) is 15.2. The number of nitrogens with zero attached hydrogens (tertiary/aromatic N) is 4. The van der Waals surface area contributed by atoms with Gasteiger partial charge in [0.2, 0.25) is 0 Å². The van der Waals surface area contributed by atoms with Gasteiger partial charge in [-0.25, -0.2) is 10.0 Å². The van der Waals surface area contributed by atoms with Crippen molar-refractivity contribution >= 4 is 29.7 Å². The van der Waals surface area contributed by atoms with Gasteiger partial charge in [-0.3, -0.25) is 0 Å². The van der Waals surface area contributed by atoms with Crippen LogP contribution in [0.5, 0.6) is 0 Å². The average Bonchev–Trinajstić information content (AvgIpc) is 2.83. The molecule has 0 aromatic heterocycles. The van der Waals surface area contributed by atoms with Gasteiger partial charge >= 0.3 is 0 Å². The molecule has 0 unspecified atom stereocenters. The number of benzene rings is 1. The van der Waals surface area contributed by atoms with Gasteiger partial charge in [0.15, 0.2) is 0 Å². The lowest BCUT2D eigenvalue weighted by atomic mass is 10.3. The minimum Gasteiger partial charge on any atom is -0.360 e. The second kappa shape index (κ2) is 6.69. The standard InChI is InChI=1S/C13H21BrN4OSi/c1-20(2,3)9-8-19-11-17-10-18(16-15-17)13-6-4-12(14)5-7-13/h4-7H,8-11H2,1-3H3. The van der Waals surface area contributed by atoms with Crippen molar-refractivity contribution in [2.45, 2.75) is 25.7 Å². The van der Waals surface area contributed by atoms with Gasteiger partial charge in [0.25, 0.3) is 0 Å². The molecule has 1 aromatic carbocycles. The van der Waals surface area contributed by atoms with Crippen LogP contribution in [-0.2, 0) is 4.74 Å². The van der Waals surface area contributed by atoms with Crippen LogP contribution in [0.1, 0.15) is 0 Å². The molecule has 0 amide bonds. The fourth-order valence-electron chi connectivity index (χ4n) is 1.68. The van der Waals surface area contributed by atoms with Crippen LogP contribution in [0, 0.1) is 0 Å². The molecule has 0 N–H and O–H groups in total. The van der Waals surface area contributed by atoms with Gasteiger partial charge < -0.3 is 4.74 Å². The average molecular weight is 357 g/mol. The van der Waals surface area contributed by atoms with E-state index in [0.717, 1.165) is 16.8 Å². The third-order valence-electron chi connectivity index (χ3n) is 2.93. The monoisotopic (exact) mass is 356 g/mol. The van der Waals surface area contributed by atoms with Crippen molar-refractivity contribution in [2.24, 2.45) is 10.4 Å². The van der Waals surface area contributed by atoms with Crippen molar-refractivity contribution in [2.75, 3.05) is 25.0 Å². The summed E-state index contributed by atoms with van der Waals surface area (Å²) in [5.74, 6) is 0. The molecule has 110 valence electrons. The van der Waals surface area contributed by atoms with Gasteiger partial charge in [0.05, 0.1) is 5.69 Å². The molecule has 7 heteroatoms. The van der Waals surface area contributed by atoms with Crippen LogP contribution >= 0.6 is 15.9 Å². The molecular weight excluding hydrogens is 336 g/mol. The van der Waals surface area contributed by atoms with Gasteiger partial charge in [-0.2, -0.15) is 0 Å². The maximum atomic E-state index is 5.67. The Hall–Kier alpha value is -0.923. The predicted octanol–water partition coefficient (Wildman–Crippen LogP) is 4.12. The maximum Gasteiger partial charge on any atom is 0.138 e. The number of anilines is 1. The summed E-state index contributed by atoms with van der Waals surface area (Å²) in [6.45, 7) is 8.99. The van der Waals surface area contributed by atoms with Crippen LogP contribution in [0.25, 0.3) is 0 Å². The molecule has 0 radical (unpaired) electrons. The van der Waals surface area contributed by atoms with Crippen LogP contribution in [0.2, 0.25) is 25.7 Å². The van der Waals surface area contributed by atoms with E-state index in [-0.39, 0.29) is 0 Å². The molecule has 2 rings (SSSR count). The SMILES string of the molecule is C[Si](C)(C)CCOCN1CN(c2ccc(Br)cc2)N=N1. The fourth-order valence-corrected chi connectivity index (χ4v) is 2.70. The van der Waals surface area contributed by atoms with Crippen molar-refractivity contribution < 1.29 is 4.74 Å². The van der Waals surface area contributed by atoms with E-state index in [1.165, 1.54) is 6.04 Å². The minimum atomic E-state index is -1.02. The second-order valence-corrected chi connectivity index (χ2v) is 12.6. The smallest absolute Gasteiger partial charge is 0.138 e. The van der Waals surface area contributed by atoms with Crippen molar-refractivity contribution in [1.29, 1.82) is 0 Å². The van der Waals surface area contributed by atoms with Crippen molar-refractivity contribution in [3.63, 3.8) is 0 Å². The van der Waals surface area contributed by atoms with E-state index < -0.39 is 8.07 Å². The van der Waals surface area contributed by atoms with E-state index in [4.69, 9.17) is 4.74 Å². The van der Waals surface area contributed by atoms with E-state index >= 15 is 0 Å². The Balaban J connectivity index is 1.73. The van der Waals surface area contributed by atoms with Gasteiger partial charge in [0.1, 0.15) is 13.4 Å². The third kappa shape index (κ3) is 4.88. The van der Waals surface area contributed by atoms with Crippen molar-refractivity contribution in [1.82, 2.24) is 5.01 Å². The fraction of sp³-hybridized carbons (Fsp3) is 0.538. The summed E-state index contributed by atoms with van der Waals surface area (Å²) in [6, 6.07) is 9.20. The molecule has 0 atom stereocenters. The molecule has 1 aliphatic rings. The summed E-state index contributed by atoms with van der Waals surface area (Å²) in [5, 5.41) is 11.9. The summed E-state index contributed by atoms with van der Waals surface area (Å²) in [6.07, 6.45) is 0. The summed E-state index contributed by atoms with van der Waals surface area (Å²) >= 11 is 3.42. The predicted molar refractivity (Wildman–Crippen MR) is 87.2 cm³/mol. The summed E-state index contributed by atoms with van der Waals surface area (Å²) < 4.78 is 6.73. The number of rotatable bonds is 6. The van der Waals surface area contributed by atoms with Crippen molar-refractivity contribution in [3.05, 3.63) is 28.7 Å². The Labute approximate surface area is 129 Å². The number of halogens is 1. The van der Waals surface area contributed by atoms with Crippen LogP contribution in [-0.4, -0.2) is 33.1 Å². The quantitative estimate of drug-likeness (QED) is 0.568. The molecule has 0 fully saturated rings. The van der Waals surface area contributed by atoms with Crippen LogP contribution < -0.4 is 5.01 Å². The van der Waals surface area contributed by atoms with Crippen LogP contribution in [0.15, 0.2) is 39.2 Å². The molecular formula is C13H21BrN4OSi. The van der Waals surface area contributed by atoms with Gasteiger partial charge in [0, 0.05) is 19.2 Å². The summed E-state index contributed by atoms with van der Waals surface area (Å²) in [4.78, 5) is 0. The molecule has 5 nitrogen and oxygen atoms in total. The zero-order valence-corrected chi connectivity index (χ0v) is 14.8. The third-order valence-corrected chi connectivity index (χ3v) is 5.17. The summed E-state index contributed by atoms with van der Waals surface area (Å²) in [7, 11) is -1.02. The first kappa shape index (κ1) is 15.5. The zero-order chi connectivity index (χ0) is 14.6. The topological polar surface area (TPSA) is 40.4 Å². The maximum absolute atomic E-state index is 5.67. The Bertz CT molecular complexity index is 460. The first-order chi connectivity index (χ1) is 9.44. The van der Waals surface area contributed by atoms with Gasteiger partial charge in [-0.1, -0.05) is 35.6 Å². The Morgan fingerprint density at radius 2 is 1.90 bits per heavy atom. The lowest BCUT2D eigenvalue weighted by molar-refractivity contribution is 0.0426. The highest BCUT2D eigenvalue weighted by atomic mass is 79.9. The molecule has 0 spiro atoms. The Morgan fingerprint density at radius 3 is 2.55 bits per heavy atom.